The molecule has 2 atom stereocenters. The molecule has 5 heteroatoms. The van der Waals surface area contributed by atoms with E-state index in [0.717, 1.165) is 16.8 Å². The molecule has 5 nitrogen and oxygen atoms in total. The van der Waals surface area contributed by atoms with E-state index in [2.05, 4.69) is 0 Å². The van der Waals surface area contributed by atoms with Crippen molar-refractivity contribution in [2.75, 3.05) is 0 Å². The number of amides is 2. The Hall–Kier alpha value is -2.95. The van der Waals surface area contributed by atoms with Gasteiger partial charge in [0.15, 0.2) is 0 Å². The molecule has 0 fully saturated rings. The summed E-state index contributed by atoms with van der Waals surface area (Å²) in [6.07, 6.45) is -0.230. The van der Waals surface area contributed by atoms with Gasteiger partial charge in [0, 0.05) is 6.42 Å². The molecule has 0 aliphatic carbocycles. The Morgan fingerprint density at radius 3 is 2.13 bits per heavy atom. The SMILES string of the molecule is CC(C)[C@@H]1C(c2ccccc2)=N[C@@](C)(Cc2ccccc2)C(=O)N1C(=O)OC(C)(C)C. The lowest BCUT2D eigenvalue weighted by Crippen LogP contribution is -2.62. The van der Waals surface area contributed by atoms with Crippen molar-refractivity contribution in [3.8, 4) is 0 Å². The smallest absolute Gasteiger partial charge is 0.417 e. The fraction of sp³-hybridized carbons (Fsp3) is 0.423. The Bertz CT molecular complexity index is 961. The number of nitrogens with zero attached hydrogens (tertiary/aromatic N) is 2. The third kappa shape index (κ3) is 5.04. The van der Waals surface area contributed by atoms with Gasteiger partial charge in [-0.05, 0) is 44.7 Å². The van der Waals surface area contributed by atoms with Gasteiger partial charge in [-0.2, -0.15) is 0 Å². The van der Waals surface area contributed by atoms with E-state index in [1.54, 1.807) is 27.7 Å². The molecule has 3 rings (SSSR count). The Morgan fingerprint density at radius 2 is 1.61 bits per heavy atom. The number of hydrogen-bond donors (Lipinski definition) is 0. The summed E-state index contributed by atoms with van der Waals surface area (Å²) in [4.78, 5) is 33.4. The Labute approximate surface area is 185 Å². The van der Waals surface area contributed by atoms with Crippen LogP contribution in [0.4, 0.5) is 4.79 Å². The topological polar surface area (TPSA) is 59.0 Å². The summed E-state index contributed by atoms with van der Waals surface area (Å²) in [6.45, 7) is 11.2. The standard InChI is InChI=1S/C26H32N2O3/c1-18(2)22-21(20-15-11-8-12-16-20)27-26(6,17-19-13-9-7-10-14-19)23(29)28(22)24(30)31-25(3,4)5/h7-16,18,22H,17H2,1-6H3/t22-,26+/m1/s1. The molecule has 1 aliphatic rings. The van der Waals surface area contributed by atoms with Crippen molar-refractivity contribution in [3.05, 3.63) is 71.8 Å². The minimum absolute atomic E-state index is 0.0308. The quantitative estimate of drug-likeness (QED) is 0.676. The average molecular weight is 421 g/mol. The van der Waals surface area contributed by atoms with Crippen molar-refractivity contribution in [1.82, 2.24) is 4.90 Å². The van der Waals surface area contributed by atoms with E-state index >= 15 is 0 Å². The zero-order valence-corrected chi connectivity index (χ0v) is 19.3. The molecule has 2 aromatic rings. The van der Waals surface area contributed by atoms with Gasteiger partial charge in [-0.3, -0.25) is 9.79 Å². The zero-order valence-electron chi connectivity index (χ0n) is 19.3. The van der Waals surface area contributed by atoms with E-state index in [4.69, 9.17) is 9.73 Å². The molecule has 2 aromatic carbocycles. The third-order valence-electron chi connectivity index (χ3n) is 5.29. The number of imide groups is 1. The highest BCUT2D eigenvalue weighted by molar-refractivity contribution is 6.14. The fourth-order valence-corrected chi connectivity index (χ4v) is 3.96. The van der Waals surface area contributed by atoms with Crippen molar-refractivity contribution in [1.29, 1.82) is 0 Å². The van der Waals surface area contributed by atoms with Gasteiger partial charge in [0.1, 0.15) is 11.1 Å². The van der Waals surface area contributed by atoms with E-state index in [-0.39, 0.29) is 11.8 Å². The zero-order chi connectivity index (χ0) is 22.8. The van der Waals surface area contributed by atoms with Crippen LogP contribution in [0.15, 0.2) is 65.7 Å². The van der Waals surface area contributed by atoms with Gasteiger partial charge in [-0.1, -0.05) is 74.5 Å². The van der Waals surface area contributed by atoms with Crippen LogP contribution in [0, 0.1) is 5.92 Å². The van der Waals surface area contributed by atoms with Crippen LogP contribution in [-0.2, 0) is 16.0 Å². The largest absolute Gasteiger partial charge is 0.443 e. The molecule has 0 spiro atoms. The fourth-order valence-electron chi connectivity index (χ4n) is 3.96. The minimum atomic E-state index is -1.12. The molecule has 1 aliphatic heterocycles. The van der Waals surface area contributed by atoms with Crippen molar-refractivity contribution >= 4 is 17.7 Å². The highest BCUT2D eigenvalue weighted by Gasteiger charge is 2.50. The molecule has 0 unspecified atom stereocenters. The van der Waals surface area contributed by atoms with Crippen LogP contribution in [0.25, 0.3) is 0 Å². The molecule has 0 radical (unpaired) electrons. The Morgan fingerprint density at radius 1 is 1.06 bits per heavy atom. The highest BCUT2D eigenvalue weighted by atomic mass is 16.6. The molecular weight excluding hydrogens is 388 g/mol. The van der Waals surface area contributed by atoms with Crippen LogP contribution in [0.1, 0.15) is 52.7 Å². The highest BCUT2D eigenvalue weighted by Crippen LogP contribution is 2.33. The lowest BCUT2D eigenvalue weighted by Gasteiger charge is -2.43. The third-order valence-corrected chi connectivity index (χ3v) is 5.29. The number of ether oxygens (including phenoxy) is 1. The van der Waals surface area contributed by atoms with Crippen LogP contribution in [0.5, 0.6) is 0 Å². The van der Waals surface area contributed by atoms with Gasteiger partial charge in [-0.25, -0.2) is 9.69 Å². The first kappa shape index (κ1) is 22.7. The van der Waals surface area contributed by atoms with Crippen molar-refractivity contribution in [2.45, 2.75) is 65.1 Å². The van der Waals surface area contributed by atoms with Gasteiger partial charge in [0.2, 0.25) is 0 Å². The van der Waals surface area contributed by atoms with Crippen LogP contribution >= 0.6 is 0 Å². The number of benzene rings is 2. The predicted molar refractivity (Wildman–Crippen MR) is 123 cm³/mol. The summed E-state index contributed by atoms with van der Waals surface area (Å²) >= 11 is 0. The Kier molecular flexibility index (Phi) is 6.35. The lowest BCUT2D eigenvalue weighted by molar-refractivity contribution is -0.138. The number of rotatable bonds is 4. The first-order valence-corrected chi connectivity index (χ1v) is 10.8. The maximum absolute atomic E-state index is 13.8. The molecule has 1 heterocycles. The van der Waals surface area contributed by atoms with Crippen molar-refractivity contribution < 1.29 is 14.3 Å². The minimum Gasteiger partial charge on any atom is -0.443 e. The predicted octanol–water partition coefficient (Wildman–Crippen LogP) is 5.28. The second kappa shape index (κ2) is 8.66. The van der Waals surface area contributed by atoms with Gasteiger partial charge in [-0.15, -0.1) is 0 Å². The Balaban J connectivity index is 2.16. The number of aliphatic imine (C=N–C) groups is 1. The van der Waals surface area contributed by atoms with Crippen molar-refractivity contribution in [2.24, 2.45) is 10.9 Å². The summed E-state index contributed by atoms with van der Waals surface area (Å²) in [5.41, 5.74) is 0.799. The molecule has 2 amide bonds. The summed E-state index contributed by atoms with van der Waals surface area (Å²) in [5.74, 6) is -0.360. The van der Waals surface area contributed by atoms with E-state index in [1.165, 1.54) is 4.90 Å². The maximum Gasteiger partial charge on any atom is 0.417 e. The molecule has 164 valence electrons. The normalized spacial score (nSPS) is 21.8. The first-order valence-electron chi connectivity index (χ1n) is 10.8. The first-order chi connectivity index (χ1) is 14.5. The van der Waals surface area contributed by atoms with Gasteiger partial charge in [0.05, 0.1) is 11.8 Å². The van der Waals surface area contributed by atoms with Crippen molar-refractivity contribution in [3.63, 3.8) is 0 Å². The molecule has 0 aromatic heterocycles. The van der Waals surface area contributed by atoms with E-state index in [1.807, 2.05) is 74.5 Å². The van der Waals surface area contributed by atoms with E-state index in [9.17, 15) is 9.59 Å². The summed E-state index contributed by atoms with van der Waals surface area (Å²) < 4.78 is 5.67. The molecule has 31 heavy (non-hydrogen) atoms. The van der Waals surface area contributed by atoms with Crippen LogP contribution < -0.4 is 0 Å². The van der Waals surface area contributed by atoms with E-state index < -0.39 is 23.3 Å². The van der Waals surface area contributed by atoms with Gasteiger partial charge in [0.25, 0.3) is 5.91 Å². The van der Waals surface area contributed by atoms with Crippen LogP contribution in [0.2, 0.25) is 0 Å². The summed E-state index contributed by atoms with van der Waals surface area (Å²) in [7, 11) is 0. The number of carbonyl (C=O) groups is 2. The second-order valence-corrected chi connectivity index (χ2v) is 9.64. The molecule has 0 N–H and O–H groups in total. The van der Waals surface area contributed by atoms with Crippen LogP contribution in [-0.4, -0.2) is 39.8 Å². The maximum atomic E-state index is 13.8. The van der Waals surface area contributed by atoms with E-state index in [0.29, 0.717) is 6.42 Å². The lowest BCUT2D eigenvalue weighted by atomic mass is 9.83. The molecule has 0 saturated carbocycles. The number of carbonyl (C=O) groups excluding carboxylic acids is 2. The second-order valence-electron chi connectivity index (χ2n) is 9.64. The van der Waals surface area contributed by atoms with Crippen LogP contribution in [0.3, 0.4) is 0 Å². The number of hydrogen-bond acceptors (Lipinski definition) is 4. The average Bonchev–Trinajstić information content (AvgIpc) is 2.69. The molecular formula is C26H32N2O3. The molecule has 0 bridgehead atoms. The monoisotopic (exact) mass is 420 g/mol. The van der Waals surface area contributed by atoms with Gasteiger partial charge >= 0.3 is 6.09 Å². The molecule has 0 saturated heterocycles. The summed E-state index contributed by atoms with van der Waals surface area (Å²) in [6, 6.07) is 19.0. The summed E-state index contributed by atoms with van der Waals surface area (Å²) in [5, 5.41) is 0. The van der Waals surface area contributed by atoms with Gasteiger partial charge < -0.3 is 4.74 Å².